The Morgan fingerprint density at radius 3 is 2.50 bits per heavy atom. The molecule has 0 aromatic carbocycles. The van der Waals surface area contributed by atoms with Crippen LogP contribution in [0.1, 0.15) is 38.5 Å². The standard InChI is InChI=1S/C12H19NO3/c1-2-6-10(12(15)16)13-11(14)9-7-4-3-5-8-9/h2,9-10H,1,3-8H2,(H,13,14)(H,15,16). The Kier molecular flexibility index (Phi) is 5.02. The summed E-state index contributed by atoms with van der Waals surface area (Å²) in [6.45, 7) is 3.49. The minimum atomic E-state index is -0.996. The van der Waals surface area contributed by atoms with Crippen molar-refractivity contribution in [2.24, 2.45) is 5.92 Å². The van der Waals surface area contributed by atoms with E-state index in [4.69, 9.17) is 5.11 Å². The maximum absolute atomic E-state index is 11.8. The predicted molar refractivity (Wildman–Crippen MR) is 61.0 cm³/mol. The van der Waals surface area contributed by atoms with Gasteiger partial charge in [-0.25, -0.2) is 4.79 Å². The second-order valence-electron chi connectivity index (χ2n) is 4.26. The maximum atomic E-state index is 11.8. The second kappa shape index (κ2) is 6.30. The quantitative estimate of drug-likeness (QED) is 0.700. The molecule has 1 fully saturated rings. The van der Waals surface area contributed by atoms with E-state index in [0.717, 1.165) is 25.7 Å². The van der Waals surface area contributed by atoms with Crippen molar-refractivity contribution in [1.29, 1.82) is 0 Å². The lowest BCUT2D eigenvalue weighted by Gasteiger charge is -2.22. The smallest absolute Gasteiger partial charge is 0.326 e. The fourth-order valence-electron chi connectivity index (χ4n) is 2.04. The zero-order valence-corrected chi connectivity index (χ0v) is 9.45. The minimum absolute atomic E-state index is 0.000385. The van der Waals surface area contributed by atoms with E-state index >= 15 is 0 Å². The van der Waals surface area contributed by atoms with Crippen LogP contribution in [-0.4, -0.2) is 23.0 Å². The van der Waals surface area contributed by atoms with Gasteiger partial charge in [-0.3, -0.25) is 4.79 Å². The summed E-state index contributed by atoms with van der Waals surface area (Å²) in [6, 6.07) is -0.827. The molecule has 4 nitrogen and oxygen atoms in total. The Bertz CT molecular complexity index is 269. The molecule has 1 unspecified atom stereocenters. The first-order valence-corrected chi connectivity index (χ1v) is 5.79. The number of rotatable bonds is 5. The minimum Gasteiger partial charge on any atom is -0.480 e. The van der Waals surface area contributed by atoms with Crippen molar-refractivity contribution in [3.8, 4) is 0 Å². The Labute approximate surface area is 95.7 Å². The SMILES string of the molecule is C=CCC(NC(=O)C1CCCCC1)C(=O)O. The van der Waals surface area contributed by atoms with Crippen LogP contribution in [-0.2, 0) is 9.59 Å². The van der Waals surface area contributed by atoms with Gasteiger partial charge in [-0.15, -0.1) is 6.58 Å². The highest BCUT2D eigenvalue weighted by atomic mass is 16.4. The molecule has 2 N–H and O–H groups in total. The molecule has 1 saturated carbocycles. The van der Waals surface area contributed by atoms with Gasteiger partial charge in [-0.05, 0) is 19.3 Å². The highest BCUT2D eigenvalue weighted by molar-refractivity contribution is 5.85. The first-order chi connectivity index (χ1) is 7.65. The molecule has 1 amide bonds. The molecule has 0 aromatic heterocycles. The number of carbonyl (C=O) groups is 2. The zero-order chi connectivity index (χ0) is 12.0. The van der Waals surface area contributed by atoms with E-state index in [0.29, 0.717) is 0 Å². The summed E-state index contributed by atoms with van der Waals surface area (Å²) in [4.78, 5) is 22.6. The van der Waals surface area contributed by atoms with E-state index in [9.17, 15) is 9.59 Å². The Morgan fingerprint density at radius 1 is 1.38 bits per heavy atom. The number of hydrogen-bond donors (Lipinski definition) is 2. The molecule has 1 rings (SSSR count). The Hall–Kier alpha value is -1.32. The number of amides is 1. The van der Waals surface area contributed by atoms with Crippen LogP contribution in [0, 0.1) is 5.92 Å². The van der Waals surface area contributed by atoms with Crippen molar-refractivity contribution in [3.63, 3.8) is 0 Å². The van der Waals surface area contributed by atoms with E-state index < -0.39 is 12.0 Å². The van der Waals surface area contributed by atoms with Crippen molar-refractivity contribution in [3.05, 3.63) is 12.7 Å². The monoisotopic (exact) mass is 225 g/mol. The van der Waals surface area contributed by atoms with Gasteiger partial charge in [0.05, 0.1) is 0 Å². The van der Waals surface area contributed by atoms with Crippen LogP contribution in [0.3, 0.4) is 0 Å². The lowest BCUT2D eigenvalue weighted by Crippen LogP contribution is -2.43. The number of nitrogens with one attached hydrogen (secondary N) is 1. The van der Waals surface area contributed by atoms with Crippen LogP contribution >= 0.6 is 0 Å². The van der Waals surface area contributed by atoms with Gasteiger partial charge in [-0.1, -0.05) is 25.3 Å². The van der Waals surface area contributed by atoms with Gasteiger partial charge in [0, 0.05) is 5.92 Å². The van der Waals surface area contributed by atoms with E-state index in [-0.39, 0.29) is 18.2 Å². The number of aliphatic carboxylic acids is 1. The average molecular weight is 225 g/mol. The number of carboxylic acids is 1. The highest BCUT2D eigenvalue weighted by Crippen LogP contribution is 2.23. The van der Waals surface area contributed by atoms with Gasteiger partial charge in [0.15, 0.2) is 0 Å². The fourth-order valence-corrected chi connectivity index (χ4v) is 2.04. The van der Waals surface area contributed by atoms with E-state index in [2.05, 4.69) is 11.9 Å². The molecule has 90 valence electrons. The van der Waals surface area contributed by atoms with E-state index in [1.54, 1.807) is 0 Å². The number of carbonyl (C=O) groups excluding carboxylic acids is 1. The molecule has 0 spiro atoms. The second-order valence-corrected chi connectivity index (χ2v) is 4.26. The molecule has 0 aromatic rings. The van der Waals surface area contributed by atoms with Crippen molar-refractivity contribution in [2.75, 3.05) is 0 Å². The first kappa shape index (κ1) is 12.7. The first-order valence-electron chi connectivity index (χ1n) is 5.79. The molecule has 1 aliphatic carbocycles. The van der Waals surface area contributed by atoms with Crippen molar-refractivity contribution in [2.45, 2.75) is 44.6 Å². The molecule has 1 aliphatic rings. The molecular formula is C12H19NO3. The van der Waals surface area contributed by atoms with Crippen LogP contribution in [0.15, 0.2) is 12.7 Å². The molecule has 4 heteroatoms. The molecule has 0 heterocycles. The Balaban J connectivity index is 2.46. The molecular weight excluding hydrogens is 206 g/mol. The summed E-state index contributed by atoms with van der Waals surface area (Å²) >= 11 is 0. The summed E-state index contributed by atoms with van der Waals surface area (Å²) in [6.07, 6.45) is 6.86. The fraction of sp³-hybridized carbons (Fsp3) is 0.667. The largest absolute Gasteiger partial charge is 0.480 e. The van der Waals surface area contributed by atoms with E-state index in [1.807, 2.05) is 0 Å². The van der Waals surface area contributed by atoms with E-state index in [1.165, 1.54) is 12.5 Å². The third-order valence-corrected chi connectivity index (χ3v) is 2.99. The van der Waals surface area contributed by atoms with Crippen molar-refractivity contribution in [1.82, 2.24) is 5.32 Å². The average Bonchev–Trinajstić information content (AvgIpc) is 2.29. The number of hydrogen-bond acceptors (Lipinski definition) is 2. The molecule has 0 saturated heterocycles. The van der Waals surface area contributed by atoms with Gasteiger partial charge in [0.1, 0.15) is 6.04 Å². The number of carboxylic acid groups (broad SMARTS) is 1. The maximum Gasteiger partial charge on any atom is 0.326 e. The zero-order valence-electron chi connectivity index (χ0n) is 9.45. The lowest BCUT2D eigenvalue weighted by molar-refractivity contribution is -0.142. The van der Waals surface area contributed by atoms with Crippen LogP contribution in [0.5, 0.6) is 0 Å². The van der Waals surface area contributed by atoms with Crippen LogP contribution in [0.2, 0.25) is 0 Å². The predicted octanol–water partition coefficient (Wildman–Crippen LogP) is 1.71. The van der Waals surface area contributed by atoms with Crippen LogP contribution < -0.4 is 5.32 Å². The molecule has 0 bridgehead atoms. The summed E-state index contributed by atoms with van der Waals surface area (Å²) in [7, 11) is 0. The lowest BCUT2D eigenvalue weighted by atomic mass is 9.88. The highest BCUT2D eigenvalue weighted by Gasteiger charge is 2.25. The van der Waals surface area contributed by atoms with Crippen LogP contribution in [0.25, 0.3) is 0 Å². The van der Waals surface area contributed by atoms with Crippen molar-refractivity contribution >= 4 is 11.9 Å². The Morgan fingerprint density at radius 2 is 2.00 bits per heavy atom. The van der Waals surface area contributed by atoms with Crippen molar-refractivity contribution < 1.29 is 14.7 Å². The molecule has 16 heavy (non-hydrogen) atoms. The van der Waals surface area contributed by atoms with Crippen LogP contribution in [0.4, 0.5) is 0 Å². The van der Waals surface area contributed by atoms with Gasteiger partial charge in [-0.2, -0.15) is 0 Å². The summed E-state index contributed by atoms with van der Waals surface area (Å²) in [5, 5.41) is 11.5. The molecule has 0 aliphatic heterocycles. The summed E-state index contributed by atoms with van der Waals surface area (Å²) < 4.78 is 0. The van der Waals surface area contributed by atoms with Gasteiger partial charge in [0.2, 0.25) is 5.91 Å². The third kappa shape index (κ3) is 3.68. The topological polar surface area (TPSA) is 66.4 Å². The summed E-state index contributed by atoms with van der Waals surface area (Å²) in [5.74, 6) is -1.11. The normalized spacial score (nSPS) is 18.8. The van der Waals surface area contributed by atoms with Gasteiger partial charge < -0.3 is 10.4 Å². The van der Waals surface area contributed by atoms with Gasteiger partial charge >= 0.3 is 5.97 Å². The molecule has 0 radical (unpaired) electrons. The molecule has 1 atom stereocenters. The summed E-state index contributed by atoms with van der Waals surface area (Å²) in [5.41, 5.74) is 0. The third-order valence-electron chi connectivity index (χ3n) is 2.99. The van der Waals surface area contributed by atoms with Gasteiger partial charge in [0.25, 0.3) is 0 Å².